The Kier molecular flexibility index (Phi) is 8.83. The van der Waals surface area contributed by atoms with E-state index in [1.807, 2.05) is 0 Å². The van der Waals surface area contributed by atoms with Gasteiger partial charge in [-0.1, -0.05) is 50.1 Å². The predicted octanol–water partition coefficient (Wildman–Crippen LogP) is 4.98. The zero-order valence-corrected chi connectivity index (χ0v) is 25.5. The summed E-state index contributed by atoms with van der Waals surface area (Å²) in [5.41, 5.74) is 0.187. The first-order chi connectivity index (χ1) is 20.5. The number of nitro groups is 1. The van der Waals surface area contributed by atoms with Gasteiger partial charge in [0.1, 0.15) is 12.3 Å². The summed E-state index contributed by atoms with van der Waals surface area (Å²) in [4.78, 5) is 76.9. The maximum Gasteiger partial charge on any atom is 0.343 e. The number of benzene rings is 3. The number of esters is 1. The number of ether oxygens (including phenoxy) is 1. The fourth-order valence-electron chi connectivity index (χ4n) is 5.10. The standard InChI is InChI=1S/C30H23Br2N3O8/c31-24-14-22-23(15-25(24)32)29(39)34(28(22)38)33(27(37)18-6-10-20(11-7-18)35(41)42)16-26(36)17-8-12-21(13-9-17)43-30(40)19-4-2-1-3-5-19/h1-13,22-25H,14-16H2/t22-,23+,24+,25-. The molecular formula is C30H23Br2N3O8. The van der Waals surface area contributed by atoms with E-state index in [9.17, 15) is 34.1 Å². The van der Waals surface area contributed by atoms with Gasteiger partial charge in [0.2, 0.25) is 0 Å². The van der Waals surface area contributed by atoms with Crippen molar-refractivity contribution >= 4 is 67.0 Å². The van der Waals surface area contributed by atoms with Gasteiger partial charge >= 0.3 is 5.97 Å². The van der Waals surface area contributed by atoms with Crippen LogP contribution in [-0.2, 0) is 9.59 Å². The van der Waals surface area contributed by atoms with Crippen molar-refractivity contribution in [2.75, 3.05) is 6.54 Å². The van der Waals surface area contributed by atoms with Gasteiger partial charge in [0.05, 0.1) is 22.3 Å². The quantitative estimate of drug-likeness (QED) is 0.0606. The number of hydrogen-bond donors (Lipinski definition) is 0. The number of imide groups is 1. The molecule has 0 radical (unpaired) electrons. The van der Waals surface area contributed by atoms with Crippen LogP contribution in [0.4, 0.5) is 5.69 Å². The molecule has 4 atom stereocenters. The lowest BCUT2D eigenvalue weighted by atomic mass is 9.81. The normalized spacial score (nSPS) is 21.2. The Bertz CT molecular complexity index is 1570. The summed E-state index contributed by atoms with van der Waals surface area (Å²) in [5.74, 6) is -4.37. The molecule has 5 rings (SSSR count). The van der Waals surface area contributed by atoms with Crippen LogP contribution < -0.4 is 4.74 Å². The van der Waals surface area contributed by atoms with E-state index in [4.69, 9.17) is 4.74 Å². The number of Topliss-reactive ketones (excluding diaryl/α,β-unsaturated/α-hetero) is 1. The van der Waals surface area contributed by atoms with E-state index in [1.165, 1.54) is 36.4 Å². The minimum atomic E-state index is -0.845. The molecule has 0 unspecified atom stereocenters. The predicted molar refractivity (Wildman–Crippen MR) is 160 cm³/mol. The average Bonchev–Trinajstić information content (AvgIpc) is 3.24. The molecule has 0 aromatic heterocycles. The number of carbonyl (C=O) groups excluding carboxylic acids is 5. The number of ketones is 1. The SMILES string of the molecule is O=C(CN(C(=O)c1ccc([N+](=O)[O-])cc1)N1C(=O)[C@H]2C[C@@H](Br)[C@@H](Br)C[C@H]2C1=O)c1ccc(OC(=O)c2ccccc2)cc1. The van der Waals surface area contributed by atoms with Gasteiger partial charge in [0.25, 0.3) is 23.4 Å². The van der Waals surface area contributed by atoms with Crippen molar-refractivity contribution < 1.29 is 33.6 Å². The fourth-order valence-corrected chi connectivity index (χ4v) is 6.34. The van der Waals surface area contributed by atoms with Crippen LogP contribution in [0, 0.1) is 22.0 Å². The summed E-state index contributed by atoms with van der Waals surface area (Å²) in [5, 5.41) is 12.7. The van der Waals surface area contributed by atoms with Crippen LogP contribution in [0.2, 0.25) is 0 Å². The molecule has 0 N–H and O–H groups in total. The Morgan fingerprint density at radius 2 is 1.35 bits per heavy atom. The summed E-state index contributed by atoms with van der Waals surface area (Å²) in [7, 11) is 0. The molecule has 3 amide bonds. The molecule has 1 aliphatic carbocycles. The first-order valence-corrected chi connectivity index (χ1v) is 15.0. The third-order valence-corrected chi connectivity index (χ3v) is 10.1. The Morgan fingerprint density at radius 1 is 0.814 bits per heavy atom. The highest BCUT2D eigenvalue weighted by Gasteiger charge is 2.54. The molecule has 2 aliphatic rings. The van der Waals surface area contributed by atoms with Crippen LogP contribution in [-0.4, -0.2) is 60.6 Å². The minimum absolute atomic E-state index is 0.0474. The van der Waals surface area contributed by atoms with Crippen LogP contribution >= 0.6 is 31.9 Å². The zero-order valence-electron chi connectivity index (χ0n) is 22.3. The van der Waals surface area contributed by atoms with Gasteiger partial charge in [-0.15, -0.1) is 0 Å². The van der Waals surface area contributed by atoms with Gasteiger partial charge in [-0.2, -0.15) is 5.01 Å². The average molecular weight is 713 g/mol. The van der Waals surface area contributed by atoms with Gasteiger partial charge in [-0.3, -0.25) is 29.3 Å². The molecule has 43 heavy (non-hydrogen) atoms. The van der Waals surface area contributed by atoms with Gasteiger partial charge in [0, 0.05) is 32.9 Å². The van der Waals surface area contributed by atoms with E-state index >= 15 is 0 Å². The van der Waals surface area contributed by atoms with E-state index in [-0.39, 0.29) is 32.2 Å². The number of non-ortho nitro benzene ring substituents is 1. The van der Waals surface area contributed by atoms with Gasteiger partial charge in [0.15, 0.2) is 5.78 Å². The molecule has 11 nitrogen and oxygen atoms in total. The molecule has 3 aromatic carbocycles. The largest absolute Gasteiger partial charge is 0.423 e. The molecule has 0 bridgehead atoms. The molecule has 2 fully saturated rings. The summed E-state index contributed by atoms with van der Waals surface area (Å²) in [6.45, 7) is -0.661. The molecule has 1 aliphatic heterocycles. The van der Waals surface area contributed by atoms with E-state index < -0.39 is 52.8 Å². The van der Waals surface area contributed by atoms with Gasteiger partial charge < -0.3 is 4.74 Å². The van der Waals surface area contributed by atoms with Crippen molar-refractivity contribution in [1.29, 1.82) is 0 Å². The van der Waals surface area contributed by atoms with Crippen molar-refractivity contribution in [2.45, 2.75) is 22.5 Å². The lowest BCUT2D eigenvalue weighted by Crippen LogP contribution is -2.52. The zero-order chi connectivity index (χ0) is 30.8. The van der Waals surface area contributed by atoms with Crippen molar-refractivity contribution in [1.82, 2.24) is 10.0 Å². The number of nitro benzene ring substituents is 1. The van der Waals surface area contributed by atoms with E-state index in [2.05, 4.69) is 31.9 Å². The molecule has 1 saturated carbocycles. The number of alkyl halides is 2. The third kappa shape index (κ3) is 6.27. The Balaban J connectivity index is 1.40. The second-order valence-electron chi connectivity index (χ2n) is 10.1. The van der Waals surface area contributed by atoms with Crippen LogP contribution in [0.15, 0.2) is 78.9 Å². The Hall–Kier alpha value is -4.23. The second kappa shape index (κ2) is 12.6. The van der Waals surface area contributed by atoms with E-state index in [0.29, 0.717) is 18.4 Å². The first kappa shape index (κ1) is 30.2. The molecular weight excluding hydrogens is 690 g/mol. The number of rotatable bonds is 8. The molecule has 220 valence electrons. The Morgan fingerprint density at radius 3 is 1.88 bits per heavy atom. The van der Waals surface area contributed by atoms with E-state index in [0.717, 1.165) is 22.2 Å². The molecule has 0 spiro atoms. The maximum absolute atomic E-state index is 13.7. The maximum atomic E-state index is 13.7. The number of nitrogens with zero attached hydrogens (tertiary/aromatic N) is 3. The number of fused-ring (bicyclic) bond motifs is 1. The summed E-state index contributed by atoms with van der Waals surface area (Å²) < 4.78 is 5.35. The number of halogens is 2. The number of carbonyl (C=O) groups is 5. The number of hydrogen-bond acceptors (Lipinski definition) is 8. The molecule has 1 saturated heterocycles. The van der Waals surface area contributed by atoms with Crippen molar-refractivity contribution in [3.05, 3.63) is 106 Å². The topological polar surface area (TPSA) is 144 Å². The lowest BCUT2D eigenvalue weighted by Gasteiger charge is -2.30. The van der Waals surface area contributed by atoms with Crippen molar-refractivity contribution in [3.8, 4) is 5.75 Å². The van der Waals surface area contributed by atoms with Gasteiger partial charge in [-0.25, -0.2) is 9.80 Å². The summed E-state index contributed by atoms with van der Waals surface area (Å²) in [6.07, 6.45) is 0.719. The minimum Gasteiger partial charge on any atom is -0.423 e. The number of amides is 3. The smallest absolute Gasteiger partial charge is 0.343 e. The molecule has 13 heteroatoms. The highest BCUT2D eigenvalue weighted by molar-refractivity contribution is 9.12. The molecule has 3 aromatic rings. The lowest BCUT2D eigenvalue weighted by molar-refractivity contribution is -0.384. The van der Waals surface area contributed by atoms with Crippen LogP contribution in [0.3, 0.4) is 0 Å². The van der Waals surface area contributed by atoms with Crippen molar-refractivity contribution in [3.63, 3.8) is 0 Å². The highest BCUT2D eigenvalue weighted by atomic mass is 79.9. The fraction of sp³-hybridized carbons (Fsp3) is 0.233. The summed E-state index contributed by atoms with van der Waals surface area (Å²) in [6, 6.07) is 18.7. The Labute approximate surface area is 262 Å². The molecule has 1 heterocycles. The number of hydrazine groups is 1. The van der Waals surface area contributed by atoms with Gasteiger partial charge in [-0.05, 0) is 61.4 Å². The highest BCUT2D eigenvalue weighted by Crippen LogP contribution is 2.43. The van der Waals surface area contributed by atoms with Crippen LogP contribution in [0.1, 0.15) is 43.9 Å². The van der Waals surface area contributed by atoms with Crippen LogP contribution in [0.5, 0.6) is 5.75 Å². The second-order valence-corrected chi connectivity index (χ2v) is 12.4. The third-order valence-electron chi connectivity index (χ3n) is 7.38. The summed E-state index contributed by atoms with van der Waals surface area (Å²) >= 11 is 7.07. The first-order valence-electron chi connectivity index (χ1n) is 13.2. The van der Waals surface area contributed by atoms with Crippen molar-refractivity contribution in [2.24, 2.45) is 11.8 Å². The van der Waals surface area contributed by atoms with Crippen LogP contribution in [0.25, 0.3) is 0 Å². The monoisotopic (exact) mass is 711 g/mol. The van der Waals surface area contributed by atoms with E-state index in [1.54, 1.807) is 30.3 Å².